The number of carbonyl (C=O) groups excluding carboxylic acids is 1. The second kappa shape index (κ2) is 7.37. The average molecular weight is 317 g/mol. The minimum absolute atomic E-state index is 0.0143. The Labute approximate surface area is 131 Å². The molecule has 0 unspecified atom stereocenters. The lowest BCUT2D eigenvalue weighted by Gasteiger charge is -2.21. The van der Waals surface area contributed by atoms with E-state index in [1.54, 1.807) is 22.3 Å². The van der Waals surface area contributed by atoms with E-state index in [1.807, 2.05) is 17.5 Å². The van der Waals surface area contributed by atoms with Crippen LogP contribution in [0.25, 0.3) is 0 Å². The minimum Gasteiger partial charge on any atom is -0.316 e. The third-order valence-electron chi connectivity index (χ3n) is 2.89. The van der Waals surface area contributed by atoms with Crippen molar-refractivity contribution in [3.8, 4) is 0 Å². The topological polar surface area (TPSA) is 75.5 Å². The number of benzene rings is 1. The third kappa shape index (κ3) is 4.16. The van der Waals surface area contributed by atoms with E-state index in [0.29, 0.717) is 18.8 Å². The van der Waals surface area contributed by atoms with Gasteiger partial charge < -0.3 is 10.2 Å². The maximum absolute atomic E-state index is 12.3. The standard InChI is InChI=1S/C15H15N3O3S/c1-2-9-17(11-14-4-3-10-22-14)15(19)16-12-5-7-13(8-6-12)18(20)21/h2-8,10H,1,9,11H2,(H,16,19). The number of nitro groups is 1. The molecule has 1 N–H and O–H groups in total. The highest BCUT2D eigenvalue weighted by Gasteiger charge is 2.14. The summed E-state index contributed by atoms with van der Waals surface area (Å²) in [5.41, 5.74) is 0.496. The number of nitrogens with zero attached hydrogens (tertiary/aromatic N) is 2. The van der Waals surface area contributed by atoms with Crippen LogP contribution in [0.3, 0.4) is 0 Å². The molecule has 0 aliphatic heterocycles. The fraction of sp³-hybridized carbons (Fsp3) is 0.133. The van der Waals surface area contributed by atoms with E-state index in [-0.39, 0.29) is 11.7 Å². The molecule has 114 valence electrons. The maximum Gasteiger partial charge on any atom is 0.322 e. The van der Waals surface area contributed by atoms with Crippen molar-refractivity contribution in [3.63, 3.8) is 0 Å². The number of hydrogen-bond donors (Lipinski definition) is 1. The molecule has 0 aliphatic carbocycles. The molecule has 1 aromatic heterocycles. The number of carbonyl (C=O) groups is 1. The Kier molecular flexibility index (Phi) is 5.26. The molecule has 0 spiro atoms. The van der Waals surface area contributed by atoms with Gasteiger partial charge >= 0.3 is 6.03 Å². The van der Waals surface area contributed by atoms with Crippen LogP contribution in [0.1, 0.15) is 4.88 Å². The third-order valence-corrected chi connectivity index (χ3v) is 3.75. The summed E-state index contributed by atoms with van der Waals surface area (Å²) >= 11 is 1.58. The van der Waals surface area contributed by atoms with E-state index in [1.165, 1.54) is 24.3 Å². The summed E-state index contributed by atoms with van der Waals surface area (Å²) in [5.74, 6) is 0. The smallest absolute Gasteiger partial charge is 0.316 e. The second-order valence-electron chi connectivity index (χ2n) is 4.48. The van der Waals surface area contributed by atoms with Gasteiger partial charge in [-0.15, -0.1) is 17.9 Å². The lowest BCUT2D eigenvalue weighted by atomic mass is 10.3. The van der Waals surface area contributed by atoms with Crippen LogP contribution in [0, 0.1) is 10.1 Å². The normalized spacial score (nSPS) is 10.0. The predicted molar refractivity (Wildman–Crippen MR) is 87.0 cm³/mol. The molecule has 0 saturated heterocycles. The van der Waals surface area contributed by atoms with E-state index in [9.17, 15) is 14.9 Å². The second-order valence-corrected chi connectivity index (χ2v) is 5.51. The number of anilines is 1. The summed E-state index contributed by atoms with van der Waals surface area (Å²) < 4.78 is 0. The lowest BCUT2D eigenvalue weighted by molar-refractivity contribution is -0.384. The number of nitro benzene ring substituents is 1. The van der Waals surface area contributed by atoms with Gasteiger partial charge in [0.2, 0.25) is 0 Å². The largest absolute Gasteiger partial charge is 0.322 e. The van der Waals surface area contributed by atoms with Crippen molar-refractivity contribution in [1.29, 1.82) is 0 Å². The first-order chi connectivity index (χ1) is 10.6. The number of nitrogens with one attached hydrogen (secondary N) is 1. The summed E-state index contributed by atoms with van der Waals surface area (Å²) in [6.45, 7) is 4.56. The predicted octanol–water partition coefficient (Wildman–Crippen LogP) is 3.88. The van der Waals surface area contributed by atoms with Crippen LogP contribution in [-0.2, 0) is 6.54 Å². The monoisotopic (exact) mass is 317 g/mol. The van der Waals surface area contributed by atoms with E-state index < -0.39 is 4.92 Å². The summed E-state index contributed by atoms with van der Waals surface area (Å²) in [6.07, 6.45) is 1.66. The summed E-state index contributed by atoms with van der Waals surface area (Å²) in [6, 6.07) is 9.34. The van der Waals surface area contributed by atoms with Crippen molar-refractivity contribution >= 4 is 28.7 Å². The van der Waals surface area contributed by atoms with Crippen LogP contribution in [0.5, 0.6) is 0 Å². The van der Waals surface area contributed by atoms with Crippen molar-refractivity contribution in [1.82, 2.24) is 4.90 Å². The summed E-state index contributed by atoms with van der Waals surface area (Å²) in [4.78, 5) is 25.1. The highest BCUT2D eigenvalue weighted by atomic mass is 32.1. The SMILES string of the molecule is C=CCN(Cc1cccs1)C(=O)Nc1ccc([N+](=O)[O-])cc1. The fourth-order valence-corrected chi connectivity index (χ4v) is 2.55. The molecule has 6 nitrogen and oxygen atoms in total. The lowest BCUT2D eigenvalue weighted by Crippen LogP contribution is -2.34. The molecule has 0 bridgehead atoms. The number of urea groups is 1. The van der Waals surface area contributed by atoms with Crippen molar-refractivity contribution in [2.75, 3.05) is 11.9 Å². The van der Waals surface area contributed by atoms with E-state index in [2.05, 4.69) is 11.9 Å². The zero-order chi connectivity index (χ0) is 15.9. The summed E-state index contributed by atoms with van der Waals surface area (Å²) in [7, 11) is 0. The number of thiophene rings is 1. The van der Waals surface area contributed by atoms with Crippen molar-refractivity contribution in [3.05, 3.63) is 69.4 Å². The Bertz CT molecular complexity index is 653. The quantitative estimate of drug-likeness (QED) is 0.499. The van der Waals surface area contributed by atoms with Crippen LogP contribution in [0.4, 0.5) is 16.2 Å². The van der Waals surface area contributed by atoms with Gasteiger partial charge in [0.15, 0.2) is 0 Å². The first-order valence-electron chi connectivity index (χ1n) is 6.54. The van der Waals surface area contributed by atoms with Gasteiger partial charge in [-0.05, 0) is 23.6 Å². The average Bonchev–Trinajstić information content (AvgIpc) is 3.00. The fourth-order valence-electron chi connectivity index (χ4n) is 1.83. The molecule has 0 aliphatic rings. The number of rotatable bonds is 6. The molecular weight excluding hydrogens is 302 g/mol. The maximum atomic E-state index is 12.3. The Hall–Kier alpha value is -2.67. The molecule has 2 rings (SSSR count). The molecule has 1 heterocycles. The van der Waals surface area contributed by atoms with Crippen LogP contribution >= 0.6 is 11.3 Å². The van der Waals surface area contributed by atoms with Gasteiger partial charge in [0, 0.05) is 29.2 Å². The zero-order valence-electron chi connectivity index (χ0n) is 11.8. The molecule has 2 aromatic rings. The molecule has 22 heavy (non-hydrogen) atoms. The van der Waals surface area contributed by atoms with Gasteiger partial charge in [-0.3, -0.25) is 10.1 Å². The van der Waals surface area contributed by atoms with E-state index in [0.717, 1.165) is 4.88 Å². The minimum atomic E-state index is -0.480. The van der Waals surface area contributed by atoms with Crippen LogP contribution in [0.15, 0.2) is 54.4 Å². The van der Waals surface area contributed by atoms with E-state index >= 15 is 0 Å². The Morgan fingerprint density at radius 3 is 2.64 bits per heavy atom. The van der Waals surface area contributed by atoms with Gasteiger partial charge in [0.05, 0.1) is 11.5 Å². The molecular formula is C15H15N3O3S. The molecule has 0 fully saturated rings. The Morgan fingerprint density at radius 2 is 2.09 bits per heavy atom. The zero-order valence-corrected chi connectivity index (χ0v) is 12.6. The van der Waals surface area contributed by atoms with Gasteiger partial charge in [-0.1, -0.05) is 12.1 Å². The molecule has 1 aromatic carbocycles. The number of non-ortho nitro benzene ring substituents is 1. The highest BCUT2D eigenvalue weighted by Crippen LogP contribution is 2.17. The van der Waals surface area contributed by atoms with Gasteiger partial charge in [-0.2, -0.15) is 0 Å². The van der Waals surface area contributed by atoms with Gasteiger partial charge in [-0.25, -0.2) is 4.79 Å². The number of hydrogen-bond acceptors (Lipinski definition) is 4. The molecule has 0 atom stereocenters. The molecule has 2 amide bonds. The highest BCUT2D eigenvalue weighted by molar-refractivity contribution is 7.09. The first-order valence-corrected chi connectivity index (χ1v) is 7.42. The number of amides is 2. The molecule has 7 heteroatoms. The van der Waals surface area contributed by atoms with Gasteiger partial charge in [0.25, 0.3) is 5.69 Å². The van der Waals surface area contributed by atoms with Crippen LogP contribution < -0.4 is 5.32 Å². The van der Waals surface area contributed by atoms with Crippen molar-refractivity contribution < 1.29 is 9.72 Å². The Morgan fingerprint density at radius 1 is 1.36 bits per heavy atom. The van der Waals surface area contributed by atoms with Crippen LogP contribution in [-0.4, -0.2) is 22.4 Å². The molecule has 0 saturated carbocycles. The van der Waals surface area contributed by atoms with E-state index in [4.69, 9.17) is 0 Å². The Balaban J connectivity index is 2.03. The first kappa shape index (κ1) is 15.7. The van der Waals surface area contributed by atoms with Crippen molar-refractivity contribution in [2.45, 2.75) is 6.54 Å². The van der Waals surface area contributed by atoms with Gasteiger partial charge in [0.1, 0.15) is 0 Å². The molecule has 0 radical (unpaired) electrons. The summed E-state index contributed by atoms with van der Waals surface area (Å²) in [5, 5.41) is 15.3. The van der Waals surface area contributed by atoms with Crippen LogP contribution in [0.2, 0.25) is 0 Å². The van der Waals surface area contributed by atoms with Crippen molar-refractivity contribution in [2.24, 2.45) is 0 Å².